The van der Waals surface area contributed by atoms with Crippen LogP contribution in [-0.4, -0.2) is 11.0 Å². The van der Waals surface area contributed by atoms with E-state index in [9.17, 15) is 9.90 Å². The van der Waals surface area contributed by atoms with Gasteiger partial charge in [-0.2, -0.15) is 0 Å². The molecular weight excluding hydrogens is 173 g/mol. The van der Waals surface area contributed by atoms with Crippen molar-refractivity contribution in [1.82, 2.24) is 4.98 Å². The summed E-state index contributed by atoms with van der Waals surface area (Å²) in [6, 6.07) is 0. The number of aromatic nitrogens is 1. The van der Waals surface area contributed by atoms with Gasteiger partial charge in [-0.1, -0.05) is 0 Å². The molecule has 0 spiro atoms. The molecule has 0 N–H and O–H groups in total. The van der Waals surface area contributed by atoms with Crippen LogP contribution in [0.4, 0.5) is 0 Å². The van der Waals surface area contributed by atoms with E-state index in [1.54, 1.807) is 5.38 Å². The van der Waals surface area contributed by atoms with E-state index in [2.05, 4.69) is 4.98 Å². The van der Waals surface area contributed by atoms with Gasteiger partial charge in [0.25, 0.3) is 0 Å². The Labute approximate surface area is 90.8 Å². The van der Waals surface area contributed by atoms with Crippen LogP contribution in [-0.2, 0) is 11.2 Å². The number of hydrogen-bond donors (Lipinski definition) is 0. The summed E-state index contributed by atoms with van der Waals surface area (Å²) < 4.78 is 0. The molecule has 0 aliphatic carbocycles. The molecule has 0 saturated carbocycles. The fraction of sp³-hybridized carbons (Fsp3) is 0.333. The molecule has 0 saturated heterocycles. The Morgan fingerprint density at radius 3 is 2.82 bits per heavy atom. The number of nitrogens with zero attached hydrogens (tertiary/aromatic N) is 1. The topological polar surface area (TPSA) is 53.0 Å². The maximum absolute atomic E-state index is 10.0. The van der Waals surface area contributed by atoms with Gasteiger partial charge < -0.3 is 9.90 Å². The third-order valence-corrected chi connectivity index (χ3v) is 1.81. The monoisotopic (exact) mass is 179 g/mol. The van der Waals surface area contributed by atoms with Crippen LogP contribution >= 0.6 is 11.3 Å². The molecule has 0 aliphatic rings. The first-order chi connectivity index (χ1) is 4.68. The third-order valence-electron chi connectivity index (χ3n) is 0.992. The van der Waals surface area contributed by atoms with Gasteiger partial charge >= 0.3 is 29.6 Å². The number of aliphatic carboxylic acids is 1. The Morgan fingerprint density at radius 1 is 1.82 bits per heavy atom. The van der Waals surface area contributed by atoms with Crippen LogP contribution in [0.5, 0.6) is 0 Å². The largest absolute Gasteiger partial charge is 1.00 e. The molecule has 0 aromatic carbocycles. The summed E-state index contributed by atoms with van der Waals surface area (Å²) >= 11 is 1.44. The molecule has 1 aromatic heterocycles. The van der Waals surface area contributed by atoms with Crippen LogP contribution in [0.15, 0.2) is 5.38 Å². The summed E-state index contributed by atoms with van der Waals surface area (Å²) in [5, 5.41) is 12.6. The van der Waals surface area contributed by atoms with Crippen molar-refractivity contribution in [3.63, 3.8) is 0 Å². The van der Waals surface area contributed by atoms with Gasteiger partial charge in [-0.3, -0.25) is 0 Å². The van der Waals surface area contributed by atoms with Crippen molar-refractivity contribution in [2.24, 2.45) is 0 Å². The molecule has 11 heavy (non-hydrogen) atoms. The zero-order valence-electron chi connectivity index (χ0n) is 6.46. The third kappa shape index (κ3) is 3.86. The molecule has 0 bridgehead atoms. The Kier molecular flexibility index (Phi) is 4.92. The minimum absolute atomic E-state index is 0. The summed E-state index contributed by atoms with van der Waals surface area (Å²) in [5.74, 6) is -1.08. The number of carboxylic acids is 1. The average Bonchev–Trinajstić information content (AvgIpc) is 2.13. The van der Waals surface area contributed by atoms with E-state index in [0.717, 1.165) is 5.01 Å². The smallest absolute Gasteiger partial charge is 0.550 e. The van der Waals surface area contributed by atoms with Crippen LogP contribution < -0.4 is 34.7 Å². The predicted octanol–water partition coefficient (Wildman–Crippen LogP) is -3.25. The molecule has 1 aromatic rings. The van der Waals surface area contributed by atoms with Crippen molar-refractivity contribution in [2.45, 2.75) is 13.3 Å². The second kappa shape index (κ2) is 4.87. The van der Waals surface area contributed by atoms with Crippen molar-refractivity contribution in [2.75, 3.05) is 0 Å². The summed E-state index contributed by atoms with van der Waals surface area (Å²) in [6.07, 6.45) is -0.0790. The summed E-state index contributed by atoms with van der Waals surface area (Å²) in [5.41, 5.74) is 0.586. The normalized spacial score (nSPS) is 8.82. The molecule has 1 heterocycles. The number of aryl methyl sites for hydroxylation is 1. The number of rotatable bonds is 2. The first kappa shape index (κ1) is 11.1. The summed E-state index contributed by atoms with van der Waals surface area (Å²) in [7, 11) is 0. The van der Waals surface area contributed by atoms with Crippen molar-refractivity contribution in [1.29, 1.82) is 0 Å². The molecule has 0 atom stereocenters. The van der Waals surface area contributed by atoms with Crippen LogP contribution in [0.25, 0.3) is 0 Å². The number of carbonyl (C=O) groups is 1. The van der Waals surface area contributed by atoms with E-state index in [-0.39, 0.29) is 36.0 Å². The van der Waals surface area contributed by atoms with Crippen molar-refractivity contribution < 1.29 is 39.5 Å². The van der Waals surface area contributed by atoms with E-state index in [1.807, 2.05) is 6.92 Å². The van der Waals surface area contributed by atoms with Crippen LogP contribution in [0, 0.1) is 6.92 Å². The Hall–Kier alpha value is 0.1000. The van der Waals surface area contributed by atoms with Gasteiger partial charge in [0.1, 0.15) is 0 Å². The molecule has 0 radical (unpaired) electrons. The minimum atomic E-state index is -1.08. The molecule has 0 amide bonds. The van der Waals surface area contributed by atoms with Crippen LogP contribution in [0.2, 0.25) is 0 Å². The van der Waals surface area contributed by atoms with Gasteiger partial charge in [0.05, 0.1) is 10.7 Å². The van der Waals surface area contributed by atoms with Gasteiger partial charge in [0.2, 0.25) is 0 Å². The Balaban J connectivity index is 0.000001000. The van der Waals surface area contributed by atoms with E-state index >= 15 is 0 Å². The van der Waals surface area contributed by atoms with E-state index in [4.69, 9.17) is 0 Å². The molecule has 5 heteroatoms. The number of carbonyl (C=O) groups excluding carboxylic acids is 1. The molecule has 3 nitrogen and oxygen atoms in total. The van der Waals surface area contributed by atoms with E-state index in [1.165, 1.54) is 11.3 Å². The summed E-state index contributed by atoms with van der Waals surface area (Å²) in [4.78, 5) is 14.0. The zero-order chi connectivity index (χ0) is 7.56. The van der Waals surface area contributed by atoms with E-state index in [0.29, 0.717) is 5.69 Å². The van der Waals surface area contributed by atoms with Crippen molar-refractivity contribution >= 4 is 17.3 Å². The van der Waals surface area contributed by atoms with Gasteiger partial charge in [-0.25, -0.2) is 4.98 Å². The van der Waals surface area contributed by atoms with Gasteiger partial charge in [0.15, 0.2) is 0 Å². The maximum atomic E-state index is 10.0. The quantitative estimate of drug-likeness (QED) is 0.448. The van der Waals surface area contributed by atoms with Gasteiger partial charge in [-0.15, -0.1) is 11.3 Å². The molecule has 0 unspecified atom stereocenters. The Morgan fingerprint density at radius 2 is 2.45 bits per heavy atom. The fourth-order valence-electron chi connectivity index (χ4n) is 0.637. The molecule has 0 aliphatic heterocycles. The molecule has 1 rings (SSSR count). The molecule has 0 fully saturated rings. The number of hydrogen-bond acceptors (Lipinski definition) is 4. The zero-order valence-corrected chi connectivity index (χ0v) is 9.27. The number of thiazole rings is 1. The standard InChI is InChI=1S/C6H7NO2S.Na/c1-4-7-5(3-10-4)2-6(8)9;/h3H,2H2,1H3,(H,8,9);/q;+1/p-1. The predicted molar refractivity (Wildman–Crippen MR) is 35.6 cm³/mol. The fourth-order valence-corrected chi connectivity index (χ4v) is 1.25. The molecular formula is C6H6NNaO2S. The maximum Gasteiger partial charge on any atom is 1.00 e. The SMILES string of the molecule is Cc1nc(CC(=O)[O-])cs1.[Na+]. The van der Waals surface area contributed by atoms with Crippen LogP contribution in [0.1, 0.15) is 10.7 Å². The van der Waals surface area contributed by atoms with Crippen molar-refractivity contribution in [3.8, 4) is 0 Å². The summed E-state index contributed by atoms with van der Waals surface area (Å²) in [6.45, 7) is 1.84. The van der Waals surface area contributed by atoms with E-state index < -0.39 is 5.97 Å². The second-order valence-electron chi connectivity index (χ2n) is 1.91. The first-order valence-corrected chi connectivity index (χ1v) is 3.67. The first-order valence-electron chi connectivity index (χ1n) is 2.79. The van der Waals surface area contributed by atoms with Crippen LogP contribution in [0.3, 0.4) is 0 Å². The van der Waals surface area contributed by atoms with Gasteiger partial charge in [-0.05, 0) is 6.92 Å². The number of carboxylic acid groups (broad SMARTS) is 1. The molecule has 54 valence electrons. The minimum Gasteiger partial charge on any atom is -0.550 e. The average molecular weight is 179 g/mol. The second-order valence-corrected chi connectivity index (χ2v) is 2.97. The Bertz CT molecular complexity index is 248. The van der Waals surface area contributed by atoms with Gasteiger partial charge in [0, 0.05) is 17.8 Å². The van der Waals surface area contributed by atoms with Crippen molar-refractivity contribution in [3.05, 3.63) is 16.1 Å².